The van der Waals surface area contributed by atoms with E-state index in [0.29, 0.717) is 6.04 Å². The minimum Gasteiger partial charge on any atom is -0.493 e. The Labute approximate surface area is 149 Å². The zero-order valence-electron chi connectivity index (χ0n) is 15.4. The Hall–Kier alpha value is -2.50. The number of fused-ring (bicyclic) bond motifs is 1. The molecule has 0 spiro atoms. The van der Waals surface area contributed by atoms with Crippen LogP contribution in [0.3, 0.4) is 0 Å². The van der Waals surface area contributed by atoms with E-state index >= 15 is 0 Å². The van der Waals surface area contributed by atoms with E-state index < -0.39 is 0 Å². The second kappa shape index (κ2) is 7.59. The van der Waals surface area contributed by atoms with Gasteiger partial charge >= 0.3 is 0 Å². The first-order valence-corrected chi connectivity index (χ1v) is 8.71. The number of benzene rings is 1. The van der Waals surface area contributed by atoms with Crippen LogP contribution >= 0.6 is 0 Å². The minimum absolute atomic E-state index is 0.390. The van der Waals surface area contributed by atoms with Crippen molar-refractivity contribution in [2.45, 2.75) is 39.3 Å². The quantitative estimate of drug-likeness (QED) is 0.869. The molecule has 1 aromatic heterocycles. The van der Waals surface area contributed by atoms with E-state index in [0.717, 1.165) is 49.1 Å². The number of anilines is 2. The summed E-state index contributed by atoms with van der Waals surface area (Å²) in [7, 11) is 3.34. The summed E-state index contributed by atoms with van der Waals surface area (Å²) in [4.78, 5) is 11.1. The highest BCUT2D eigenvalue weighted by Crippen LogP contribution is 2.34. The Morgan fingerprint density at radius 1 is 1.12 bits per heavy atom. The van der Waals surface area contributed by atoms with Crippen LogP contribution in [0.1, 0.15) is 31.4 Å². The number of rotatable bonds is 6. The summed E-state index contributed by atoms with van der Waals surface area (Å²) in [5.74, 6) is 3.38. The highest BCUT2D eigenvalue weighted by atomic mass is 16.5. The van der Waals surface area contributed by atoms with Crippen molar-refractivity contribution in [1.82, 2.24) is 9.97 Å². The maximum atomic E-state index is 5.44. The van der Waals surface area contributed by atoms with E-state index in [4.69, 9.17) is 9.47 Å². The average molecular weight is 342 g/mol. The third-order valence-electron chi connectivity index (χ3n) is 4.70. The monoisotopic (exact) mass is 342 g/mol. The van der Waals surface area contributed by atoms with Crippen molar-refractivity contribution in [3.8, 4) is 11.5 Å². The molecule has 1 N–H and O–H groups in total. The van der Waals surface area contributed by atoms with Crippen LogP contribution in [0.2, 0.25) is 0 Å². The molecule has 3 rings (SSSR count). The second-order valence-corrected chi connectivity index (χ2v) is 6.36. The van der Waals surface area contributed by atoms with Gasteiger partial charge in [-0.05, 0) is 43.0 Å². The lowest BCUT2D eigenvalue weighted by atomic mass is 9.99. The van der Waals surface area contributed by atoms with E-state index in [-0.39, 0.29) is 0 Å². The fourth-order valence-electron chi connectivity index (χ4n) is 3.03. The summed E-state index contributed by atoms with van der Waals surface area (Å²) in [5, 5.41) is 3.41. The zero-order valence-corrected chi connectivity index (χ0v) is 15.4. The van der Waals surface area contributed by atoms with Gasteiger partial charge in [0.05, 0.1) is 14.2 Å². The number of nitrogens with one attached hydrogen (secondary N) is 1. The van der Waals surface area contributed by atoms with Crippen molar-refractivity contribution in [2.24, 2.45) is 0 Å². The molecular formula is C19H26N4O2. The van der Waals surface area contributed by atoms with Gasteiger partial charge < -0.3 is 19.7 Å². The van der Waals surface area contributed by atoms with Crippen LogP contribution in [0.15, 0.2) is 24.5 Å². The number of hydrogen-bond acceptors (Lipinski definition) is 6. The number of hydrogen-bond donors (Lipinski definition) is 1. The van der Waals surface area contributed by atoms with Crippen molar-refractivity contribution in [1.29, 1.82) is 0 Å². The molecule has 2 aromatic rings. The first-order chi connectivity index (χ1) is 12.1. The maximum absolute atomic E-state index is 5.44. The smallest absolute Gasteiger partial charge is 0.161 e. The molecule has 134 valence electrons. The van der Waals surface area contributed by atoms with Crippen LogP contribution in [0.4, 0.5) is 11.6 Å². The van der Waals surface area contributed by atoms with E-state index in [2.05, 4.69) is 46.2 Å². The molecular weight excluding hydrogens is 316 g/mol. The number of ether oxygens (including phenoxy) is 2. The summed E-state index contributed by atoms with van der Waals surface area (Å²) in [6.07, 6.45) is 3.63. The standard InChI is InChI=1S/C19H26N4O2/c1-5-13(2)22-18-10-19(21-12-20-18)23-7-6-14-8-16(24-3)17(25-4)9-15(14)11-23/h8-10,12-13H,5-7,11H2,1-4H3,(H,20,21,22). The van der Waals surface area contributed by atoms with Gasteiger partial charge in [0, 0.05) is 25.2 Å². The van der Waals surface area contributed by atoms with Gasteiger partial charge in [0.1, 0.15) is 18.0 Å². The highest BCUT2D eigenvalue weighted by Gasteiger charge is 2.20. The third kappa shape index (κ3) is 3.78. The molecule has 1 aliphatic rings. The highest BCUT2D eigenvalue weighted by molar-refractivity contribution is 5.54. The molecule has 0 aliphatic carbocycles. The summed E-state index contributed by atoms with van der Waals surface area (Å²) >= 11 is 0. The van der Waals surface area contributed by atoms with Crippen molar-refractivity contribution >= 4 is 11.6 Å². The van der Waals surface area contributed by atoms with Gasteiger partial charge in [-0.15, -0.1) is 0 Å². The minimum atomic E-state index is 0.390. The molecule has 1 unspecified atom stereocenters. The average Bonchev–Trinajstić information content (AvgIpc) is 2.66. The fraction of sp³-hybridized carbons (Fsp3) is 0.474. The first kappa shape index (κ1) is 17.3. The Morgan fingerprint density at radius 2 is 1.84 bits per heavy atom. The molecule has 0 saturated carbocycles. The van der Waals surface area contributed by atoms with Gasteiger partial charge in [-0.3, -0.25) is 0 Å². The number of nitrogens with zero attached hydrogens (tertiary/aromatic N) is 3. The van der Waals surface area contributed by atoms with Gasteiger partial charge in [-0.1, -0.05) is 6.92 Å². The number of aromatic nitrogens is 2. The lowest BCUT2D eigenvalue weighted by molar-refractivity contribution is 0.353. The molecule has 25 heavy (non-hydrogen) atoms. The maximum Gasteiger partial charge on any atom is 0.161 e. The Morgan fingerprint density at radius 3 is 2.52 bits per heavy atom. The Bertz CT molecular complexity index is 735. The van der Waals surface area contributed by atoms with Gasteiger partial charge in [0.15, 0.2) is 11.5 Å². The van der Waals surface area contributed by atoms with Crippen LogP contribution in [-0.4, -0.2) is 36.8 Å². The molecule has 1 aromatic carbocycles. The fourth-order valence-corrected chi connectivity index (χ4v) is 3.03. The summed E-state index contributed by atoms with van der Waals surface area (Å²) in [6.45, 7) is 6.03. The van der Waals surface area contributed by atoms with Gasteiger partial charge in [-0.25, -0.2) is 9.97 Å². The van der Waals surface area contributed by atoms with E-state index in [1.807, 2.05) is 6.07 Å². The molecule has 0 fully saturated rings. The van der Waals surface area contributed by atoms with Crippen LogP contribution in [-0.2, 0) is 13.0 Å². The van der Waals surface area contributed by atoms with Gasteiger partial charge in [0.2, 0.25) is 0 Å². The SMILES string of the molecule is CCC(C)Nc1cc(N2CCc3cc(OC)c(OC)cc3C2)ncn1. The van der Waals surface area contributed by atoms with Crippen LogP contribution in [0, 0.1) is 0 Å². The van der Waals surface area contributed by atoms with E-state index in [9.17, 15) is 0 Å². The van der Waals surface area contributed by atoms with Crippen molar-refractivity contribution in [3.63, 3.8) is 0 Å². The van der Waals surface area contributed by atoms with Crippen molar-refractivity contribution in [2.75, 3.05) is 31.0 Å². The molecule has 2 heterocycles. The topological polar surface area (TPSA) is 59.5 Å². The van der Waals surface area contributed by atoms with E-state index in [1.165, 1.54) is 11.1 Å². The lowest BCUT2D eigenvalue weighted by Gasteiger charge is -2.30. The molecule has 1 aliphatic heterocycles. The lowest BCUT2D eigenvalue weighted by Crippen LogP contribution is -2.31. The molecule has 0 amide bonds. The van der Waals surface area contributed by atoms with Crippen molar-refractivity contribution < 1.29 is 9.47 Å². The van der Waals surface area contributed by atoms with E-state index in [1.54, 1.807) is 20.5 Å². The van der Waals surface area contributed by atoms with Crippen LogP contribution in [0.25, 0.3) is 0 Å². The van der Waals surface area contributed by atoms with Crippen molar-refractivity contribution in [3.05, 3.63) is 35.7 Å². The second-order valence-electron chi connectivity index (χ2n) is 6.36. The molecule has 0 saturated heterocycles. The van der Waals surface area contributed by atoms with Gasteiger partial charge in [-0.2, -0.15) is 0 Å². The Kier molecular flexibility index (Phi) is 5.26. The first-order valence-electron chi connectivity index (χ1n) is 8.71. The molecule has 0 radical (unpaired) electrons. The predicted octanol–water partition coefficient (Wildman–Crippen LogP) is 3.27. The summed E-state index contributed by atoms with van der Waals surface area (Å²) < 4.78 is 10.8. The van der Waals surface area contributed by atoms with Crippen LogP contribution in [0.5, 0.6) is 11.5 Å². The summed E-state index contributed by atoms with van der Waals surface area (Å²) in [5.41, 5.74) is 2.56. The summed E-state index contributed by atoms with van der Waals surface area (Å²) in [6, 6.07) is 6.57. The number of methoxy groups -OCH3 is 2. The Balaban J connectivity index is 1.82. The van der Waals surface area contributed by atoms with Crippen LogP contribution < -0.4 is 19.7 Å². The van der Waals surface area contributed by atoms with Gasteiger partial charge in [0.25, 0.3) is 0 Å². The largest absolute Gasteiger partial charge is 0.493 e. The third-order valence-corrected chi connectivity index (χ3v) is 4.70. The molecule has 6 heteroatoms. The zero-order chi connectivity index (χ0) is 17.8. The molecule has 1 atom stereocenters. The predicted molar refractivity (Wildman–Crippen MR) is 99.7 cm³/mol. The molecule has 0 bridgehead atoms. The molecule has 6 nitrogen and oxygen atoms in total. The normalized spacial score (nSPS) is 14.6.